The third kappa shape index (κ3) is 70.3. The first-order valence-electron chi connectivity index (χ1n) is 37.5. The van der Waals surface area contributed by atoms with E-state index >= 15 is 0 Å². The van der Waals surface area contributed by atoms with Crippen molar-refractivity contribution >= 4 is 17.9 Å². The van der Waals surface area contributed by atoms with Gasteiger partial charge in [-0.25, -0.2) is 4.79 Å². The number of hydrogen-bond acceptors (Lipinski definition) is 7. The molecule has 0 radical (unpaired) electrons. The van der Waals surface area contributed by atoms with Gasteiger partial charge in [0.25, 0.3) is 6.29 Å². The molecule has 0 aromatic heterocycles. The summed E-state index contributed by atoms with van der Waals surface area (Å²) in [5.41, 5.74) is 0. The molecule has 2 atom stereocenters. The molecule has 0 aliphatic rings. The number of esters is 2. The minimum Gasteiger partial charge on any atom is -0.477 e. The van der Waals surface area contributed by atoms with E-state index in [-0.39, 0.29) is 32.2 Å². The van der Waals surface area contributed by atoms with Crippen molar-refractivity contribution in [2.45, 2.75) is 373 Å². The molecule has 0 aliphatic heterocycles. The van der Waals surface area contributed by atoms with Gasteiger partial charge >= 0.3 is 17.9 Å². The van der Waals surface area contributed by atoms with Crippen molar-refractivity contribution in [1.82, 2.24) is 0 Å². The van der Waals surface area contributed by atoms with Crippen molar-refractivity contribution in [2.75, 3.05) is 47.5 Å². The van der Waals surface area contributed by atoms with Crippen LogP contribution in [0.4, 0.5) is 0 Å². The van der Waals surface area contributed by atoms with Crippen LogP contribution in [0.25, 0.3) is 0 Å². The van der Waals surface area contributed by atoms with Crippen molar-refractivity contribution in [3.8, 4) is 0 Å². The number of unbranched alkanes of at least 4 members (excludes halogenated alkanes) is 45. The summed E-state index contributed by atoms with van der Waals surface area (Å²) in [6.45, 7) is 4.91. The molecule has 0 amide bonds. The Bertz CT molecular complexity index is 1610. The molecule has 508 valence electrons. The van der Waals surface area contributed by atoms with Crippen molar-refractivity contribution in [2.24, 2.45) is 0 Å². The average molecular weight is 1220 g/mol. The van der Waals surface area contributed by atoms with E-state index in [1.165, 1.54) is 276 Å². The fraction of sp³-hybridized carbons (Fsp3) is 0.833. The maximum Gasteiger partial charge on any atom is 0.361 e. The highest BCUT2D eigenvalue weighted by Gasteiger charge is 2.25. The summed E-state index contributed by atoms with van der Waals surface area (Å²) in [6, 6.07) is 0. The number of allylic oxidation sites excluding steroid dienone is 10. The van der Waals surface area contributed by atoms with Crippen LogP contribution < -0.4 is 0 Å². The summed E-state index contributed by atoms with van der Waals surface area (Å²) >= 11 is 0. The molecule has 2 unspecified atom stereocenters. The maximum absolute atomic E-state index is 13.0. The fourth-order valence-corrected chi connectivity index (χ4v) is 11.0. The molecule has 0 aromatic rings. The molecule has 9 heteroatoms. The number of quaternary nitrogens is 1. The second-order valence-corrected chi connectivity index (χ2v) is 26.6. The Morgan fingerprint density at radius 2 is 0.621 bits per heavy atom. The first kappa shape index (κ1) is 84.0. The van der Waals surface area contributed by atoms with Crippen LogP contribution in [-0.2, 0) is 33.3 Å². The molecular formula is C78H144NO8+. The molecule has 0 aliphatic carbocycles. The molecule has 0 aromatic carbocycles. The molecule has 1 N–H and O–H groups in total. The second kappa shape index (κ2) is 68.9. The number of hydrogen-bond donors (Lipinski definition) is 1. The van der Waals surface area contributed by atoms with E-state index in [0.717, 1.165) is 57.8 Å². The van der Waals surface area contributed by atoms with Crippen LogP contribution in [0, 0.1) is 0 Å². The first-order valence-corrected chi connectivity index (χ1v) is 37.5. The molecular weight excluding hydrogens is 1080 g/mol. The summed E-state index contributed by atoms with van der Waals surface area (Å²) in [4.78, 5) is 37.7. The lowest BCUT2D eigenvalue weighted by molar-refractivity contribution is -0.870. The molecule has 0 bridgehead atoms. The average Bonchev–Trinajstić information content (AvgIpc) is 3.56. The van der Waals surface area contributed by atoms with E-state index in [1.54, 1.807) is 0 Å². The number of ether oxygens (including phenoxy) is 4. The van der Waals surface area contributed by atoms with E-state index in [4.69, 9.17) is 18.9 Å². The quantitative estimate of drug-likeness (QED) is 0.0211. The topological polar surface area (TPSA) is 108 Å². The summed E-state index contributed by atoms with van der Waals surface area (Å²) in [5, 5.41) is 9.76. The van der Waals surface area contributed by atoms with Gasteiger partial charge in [-0.3, -0.25) is 9.59 Å². The van der Waals surface area contributed by atoms with Gasteiger partial charge in [0.05, 0.1) is 34.4 Å². The number of carbonyl (C=O) groups is 3. The Morgan fingerprint density at radius 3 is 0.920 bits per heavy atom. The van der Waals surface area contributed by atoms with Crippen molar-refractivity contribution in [3.63, 3.8) is 0 Å². The largest absolute Gasteiger partial charge is 0.477 e. The summed E-state index contributed by atoms with van der Waals surface area (Å²) < 4.78 is 23.0. The number of carbonyl (C=O) groups excluding carboxylic acids is 2. The van der Waals surface area contributed by atoms with E-state index in [9.17, 15) is 19.5 Å². The van der Waals surface area contributed by atoms with Crippen LogP contribution >= 0.6 is 0 Å². The second-order valence-electron chi connectivity index (χ2n) is 26.6. The van der Waals surface area contributed by atoms with Gasteiger partial charge in [0.1, 0.15) is 13.2 Å². The minimum absolute atomic E-state index is 0.180. The Balaban J connectivity index is 4.03. The van der Waals surface area contributed by atoms with Crippen molar-refractivity contribution in [1.29, 1.82) is 0 Å². The smallest absolute Gasteiger partial charge is 0.361 e. The molecule has 0 fully saturated rings. The van der Waals surface area contributed by atoms with Gasteiger partial charge in [-0.15, -0.1) is 0 Å². The zero-order chi connectivity index (χ0) is 63.3. The monoisotopic (exact) mass is 1220 g/mol. The summed E-state index contributed by atoms with van der Waals surface area (Å²) in [6.07, 6.45) is 87.8. The summed E-state index contributed by atoms with van der Waals surface area (Å²) in [5.74, 6) is -1.99. The van der Waals surface area contributed by atoms with Crippen LogP contribution in [0.15, 0.2) is 60.8 Å². The Labute approximate surface area is 539 Å². The van der Waals surface area contributed by atoms with Crippen molar-refractivity contribution < 1.29 is 42.9 Å². The van der Waals surface area contributed by atoms with Gasteiger partial charge in [-0.05, 0) is 83.5 Å². The Kier molecular flexibility index (Phi) is 66.5. The van der Waals surface area contributed by atoms with E-state index < -0.39 is 24.3 Å². The molecule has 0 rings (SSSR count). The predicted octanol–water partition coefficient (Wildman–Crippen LogP) is 23.5. The third-order valence-electron chi connectivity index (χ3n) is 16.7. The first-order chi connectivity index (χ1) is 42.6. The van der Waals surface area contributed by atoms with E-state index in [1.807, 2.05) is 21.1 Å². The van der Waals surface area contributed by atoms with Crippen LogP contribution in [0.2, 0.25) is 0 Å². The number of carboxylic acids is 1. The Hall–Kier alpha value is -3.01. The number of rotatable bonds is 70. The number of nitrogens with zero attached hydrogens (tertiary/aromatic N) is 1. The number of likely N-dealkylation sites (N-methyl/N-ethyl adjacent to an activating group) is 1. The highest BCUT2D eigenvalue weighted by molar-refractivity contribution is 5.71. The van der Waals surface area contributed by atoms with Gasteiger partial charge in [-0.2, -0.15) is 0 Å². The Morgan fingerprint density at radius 1 is 0.345 bits per heavy atom. The zero-order valence-corrected chi connectivity index (χ0v) is 58.2. The molecule has 9 nitrogen and oxygen atoms in total. The molecule has 0 heterocycles. The van der Waals surface area contributed by atoms with E-state index in [0.29, 0.717) is 17.4 Å². The highest BCUT2D eigenvalue weighted by Crippen LogP contribution is 2.19. The highest BCUT2D eigenvalue weighted by atomic mass is 16.7. The molecule has 0 saturated heterocycles. The van der Waals surface area contributed by atoms with Gasteiger partial charge in [-0.1, -0.05) is 325 Å². The molecule has 0 saturated carbocycles. The zero-order valence-electron chi connectivity index (χ0n) is 58.2. The normalized spacial score (nSPS) is 13.0. The van der Waals surface area contributed by atoms with Crippen LogP contribution in [0.3, 0.4) is 0 Å². The molecule has 0 spiro atoms. The van der Waals surface area contributed by atoms with E-state index in [2.05, 4.69) is 74.6 Å². The lowest BCUT2D eigenvalue weighted by Crippen LogP contribution is -2.40. The number of carboxylic acid groups (broad SMARTS) is 1. The van der Waals surface area contributed by atoms with Crippen LogP contribution in [0.5, 0.6) is 0 Å². The fourth-order valence-electron chi connectivity index (χ4n) is 11.0. The molecule has 87 heavy (non-hydrogen) atoms. The van der Waals surface area contributed by atoms with Crippen molar-refractivity contribution in [3.05, 3.63) is 60.8 Å². The number of aliphatic carboxylic acids is 1. The van der Waals surface area contributed by atoms with Gasteiger partial charge in [0, 0.05) is 12.8 Å². The van der Waals surface area contributed by atoms with Gasteiger partial charge in [0.15, 0.2) is 6.10 Å². The minimum atomic E-state index is -1.51. The predicted molar refractivity (Wildman–Crippen MR) is 373 cm³/mol. The van der Waals surface area contributed by atoms with Gasteiger partial charge in [0.2, 0.25) is 0 Å². The van der Waals surface area contributed by atoms with Crippen LogP contribution in [-0.4, -0.2) is 87.4 Å². The van der Waals surface area contributed by atoms with Crippen LogP contribution in [0.1, 0.15) is 361 Å². The SMILES string of the molecule is CCCCCCC/C=C\C/C=C\C/C=C\CCCCCCCCCCCCCCC(=O)OC(COC(=O)CCCCCCCCCCCCCCCCCCCCCCCCC/C=C\C/C=C\CCCCCCC)COC(OCC[N+](C)(C)C)C(=O)O. The lowest BCUT2D eigenvalue weighted by atomic mass is 10.0. The standard InChI is InChI=1S/C78H143NO8/c1-6-8-10-12-14-16-18-20-22-24-26-28-30-32-34-35-36-37-38-39-40-41-43-44-46-48-50-52-54-56-58-60-62-64-66-68-75(80)85-72-74(73-86-78(77(82)83)84-71-70-79(3,4)5)87-76(81)69-67-65-63-61-59-57-55-53-51-49-47-45-42-33-31-29-27-25-23-21-19-17-15-13-11-9-7-2/h18-21,24-27,31,33,74,78H,6-17,22-23,28-30,32,34-73H2,1-5H3/p+1/b20-18-,21-19-,26-24-,27-25-,33-31-. The maximum atomic E-state index is 13.0. The van der Waals surface area contributed by atoms with Gasteiger partial charge < -0.3 is 28.5 Å². The third-order valence-corrected chi connectivity index (χ3v) is 16.7. The lowest BCUT2D eigenvalue weighted by Gasteiger charge is -2.25. The summed E-state index contributed by atoms with van der Waals surface area (Å²) in [7, 11) is 5.99.